The van der Waals surface area contributed by atoms with Gasteiger partial charge in [0.05, 0.1) is 12.2 Å². The lowest BCUT2D eigenvalue weighted by Crippen LogP contribution is -2.37. The highest BCUT2D eigenvalue weighted by Gasteiger charge is 2.21. The standard InChI is InChI=1S/C20H22N2O5/c1-5-14-9-19(23)26-18-10-15(6-7-17(14)18)25-13(3)20(24)22(4)11-16-8-12(2)21-27-16/h6-10,13H,5,11H2,1-4H3. The molecule has 3 aromatic rings. The Bertz CT molecular complexity index is 1020. The van der Waals surface area contributed by atoms with Crippen molar-refractivity contribution >= 4 is 16.9 Å². The third kappa shape index (κ3) is 4.19. The Labute approximate surface area is 156 Å². The molecule has 7 heteroatoms. The van der Waals surface area contributed by atoms with E-state index in [2.05, 4.69) is 5.16 Å². The van der Waals surface area contributed by atoms with Crippen molar-refractivity contribution in [1.29, 1.82) is 0 Å². The molecule has 0 bridgehead atoms. The van der Waals surface area contributed by atoms with Crippen LogP contribution >= 0.6 is 0 Å². The summed E-state index contributed by atoms with van der Waals surface area (Å²) < 4.78 is 16.2. The fourth-order valence-corrected chi connectivity index (χ4v) is 2.94. The minimum absolute atomic E-state index is 0.201. The zero-order valence-electron chi connectivity index (χ0n) is 15.8. The van der Waals surface area contributed by atoms with Gasteiger partial charge >= 0.3 is 5.63 Å². The van der Waals surface area contributed by atoms with Crippen LogP contribution in [0.2, 0.25) is 0 Å². The molecule has 2 aromatic heterocycles. The molecule has 1 amide bonds. The number of carbonyl (C=O) groups excluding carboxylic acids is 1. The first kappa shape index (κ1) is 18.7. The van der Waals surface area contributed by atoms with Crippen LogP contribution in [-0.4, -0.2) is 29.1 Å². The van der Waals surface area contributed by atoms with Crippen LogP contribution in [0.4, 0.5) is 0 Å². The molecule has 0 radical (unpaired) electrons. The third-order valence-electron chi connectivity index (χ3n) is 4.29. The van der Waals surface area contributed by atoms with Gasteiger partial charge in [-0.3, -0.25) is 4.79 Å². The Hall–Kier alpha value is -3.09. The van der Waals surface area contributed by atoms with E-state index in [1.807, 2.05) is 19.9 Å². The maximum atomic E-state index is 12.5. The number of amides is 1. The van der Waals surface area contributed by atoms with Crippen LogP contribution in [0.5, 0.6) is 5.75 Å². The first-order valence-electron chi connectivity index (χ1n) is 8.78. The molecule has 1 atom stereocenters. The number of carbonyl (C=O) groups is 1. The average molecular weight is 370 g/mol. The van der Waals surface area contributed by atoms with Crippen LogP contribution in [0.3, 0.4) is 0 Å². The Morgan fingerprint density at radius 3 is 2.74 bits per heavy atom. The fourth-order valence-electron chi connectivity index (χ4n) is 2.94. The Balaban J connectivity index is 1.73. The van der Waals surface area contributed by atoms with Gasteiger partial charge in [0, 0.05) is 30.6 Å². The smallest absolute Gasteiger partial charge is 0.336 e. The van der Waals surface area contributed by atoms with Gasteiger partial charge < -0.3 is 18.6 Å². The molecule has 1 aromatic carbocycles. The van der Waals surface area contributed by atoms with Gasteiger partial charge in [0.2, 0.25) is 0 Å². The quantitative estimate of drug-likeness (QED) is 0.620. The molecule has 0 aliphatic heterocycles. The summed E-state index contributed by atoms with van der Waals surface area (Å²) in [5.41, 5.74) is 1.72. The summed E-state index contributed by atoms with van der Waals surface area (Å²) in [6.45, 7) is 5.78. The normalized spacial score (nSPS) is 12.1. The first-order valence-corrected chi connectivity index (χ1v) is 8.78. The van der Waals surface area contributed by atoms with Gasteiger partial charge in [0.1, 0.15) is 11.3 Å². The lowest BCUT2D eigenvalue weighted by atomic mass is 10.1. The molecule has 0 aliphatic carbocycles. The van der Waals surface area contributed by atoms with Gasteiger partial charge in [-0.1, -0.05) is 12.1 Å². The minimum atomic E-state index is -0.711. The average Bonchev–Trinajstić information content (AvgIpc) is 3.04. The molecule has 0 saturated heterocycles. The molecular formula is C20H22N2O5. The van der Waals surface area contributed by atoms with E-state index >= 15 is 0 Å². The van der Waals surface area contributed by atoms with Gasteiger partial charge in [-0.15, -0.1) is 0 Å². The van der Waals surface area contributed by atoms with Gasteiger partial charge in [0.25, 0.3) is 5.91 Å². The number of aromatic nitrogens is 1. The maximum absolute atomic E-state index is 12.5. The summed E-state index contributed by atoms with van der Waals surface area (Å²) >= 11 is 0. The highest BCUT2D eigenvalue weighted by molar-refractivity contribution is 5.82. The summed E-state index contributed by atoms with van der Waals surface area (Å²) in [6, 6.07) is 8.52. The molecular weight excluding hydrogens is 348 g/mol. The first-order chi connectivity index (χ1) is 12.9. The van der Waals surface area contributed by atoms with Gasteiger partial charge in [-0.05, 0) is 38.0 Å². The molecule has 7 nitrogen and oxygen atoms in total. The molecule has 3 rings (SSSR count). The second-order valence-corrected chi connectivity index (χ2v) is 6.49. The molecule has 0 fully saturated rings. The highest BCUT2D eigenvalue weighted by atomic mass is 16.5. The molecule has 0 saturated carbocycles. The molecule has 27 heavy (non-hydrogen) atoms. The molecule has 0 aliphatic rings. The van der Waals surface area contributed by atoms with Crippen molar-refractivity contribution in [3.8, 4) is 5.75 Å². The van der Waals surface area contributed by atoms with Crippen LogP contribution in [0.25, 0.3) is 11.0 Å². The van der Waals surface area contributed by atoms with Gasteiger partial charge in [-0.2, -0.15) is 0 Å². The van der Waals surface area contributed by atoms with E-state index in [1.54, 1.807) is 32.2 Å². The van der Waals surface area contributed by atoms with Gasteiger partial charge in [0.15, 0.2) is 11.9 Å². The van der Waals surface area contributed by atoms with Crippen LogP contribution in [-0.2, 0) is 17.8 Å². The SMILES string of the molecule is CCc1cc(=O)oc2cc(OC(C)C(=O)N(C)Cc3cc(C)no3)ccc12. The zero-order valence-corrected chi connectivity index (χ0v) is 15.8. The highest BCUT2D eigenvalue weighted by Crippen LogP contribution is 2.24. The number of likely N-dealkylation sites (N-methyl/N-ethyl adjacent to an activating group) is 1. The number of benzene rings is 1. The number of aryl methyl sites for hydroxylation is 2. The number of ether oxygens (including phenoxy) is 1. The number of rotatable bonds is 6. The van der Waals surface area contributed by atoms with Crippen LogP contribution < -0.4 is 10.4 Å². The van der Waals surface area contributed by atoms with E-state index in [-0.39, 0.29) is 5.91 Å². The van der Waals surface area contributed by atoms with Crippen molar-refractivity contribution in [2.24, 2.45) is 0 Å². The van der Waals surface area contributed by atoms with Crippen LogP contribution in [0, 0.1) is 6.92 Å². The van der Waals surface area contributed by atoms with Crippen molar-refractivity contribution in [3.05, 3.63) is 57.8 Å². The fraction of sp³-hybridized carbons (Fsp3) is 0.350. The molecule has 0 spiro atoms. The minimum Gasteiger partial charge on any atom is -0.481 e. The summed E-state index contributed by atoms with van der Waals surface area (Å²) in [7, 11) is 1.67. The largest absolute Gasteiger partial charge is 0.481 e. The van der Waals surface area contributed by atoms with E-state index in [0.717, 1.165) is 23.1 Å². The third-order valence-corrected chi connectivity index (χ3v) is 4.29. The van der Waals surface area contributed by atoms with Crippen molar-refractivity contribution in [2.75, 3.05) is 7.05 Å². The second-order valence-electron chi connectivity index (χ2n) is 6.49. The van der Waals surface area contributed by atoms with E-state index in [0.29, 0.717) is 23.6 Å². The Morgan fingerprint density at radius 2 is 2.07 bits per heavy atom. The predicted octanol–water partition coefficient (Wildman–Crippen LogP) is 3.08. The number of fused-ring (bicyclic) bond motifs is 1. The topological polar surface area (TPSA) is 85.8 Å². The van der Waals surface area contributed by atoms with Crippen molar-refractivity contribution in [2.45, 2.75) is 39.8 Å². The molecule has 2 heterocycles. The van der Waals surface area contributed by atoms with Crippen molar-refractivity contribution in [3.63, 3.8) is 0 Å². The maximum Gasteiger partial charge on any atom is 0.336 e. The Morgan fingerprint density at radius 1 is 1.30 bits per heavy atom. The van der Waals surface area contributed by atoms with Crippen molar-refractivity contribution < 1.29 is 18.5 Å². The lowest BCUT2D eigenvalue weighted by Gasteiger charge is -2.21. The lowest BCUT2D eigenvalue weighted by molar-refractivity contribution is -0.137. The summed E-state index contributed by atoms with van der Waals surface area (Å²) in [5, 5.41) is 4.67. The second kappa shape index (κ2) is 7.65. The monoisotopic (exact) mass is 370 g/mol. The Kier molecular flexibility index (Phi) is 5.30. The van der Waals surface area contributed by atoms with Gasteiger partial charge in [-0.25, -0.2) is 4.79 Å². The van der Waals surface area contributed by atoms with E-state index in [1.165, 1.54) is 11.0 Å². The summed E-state index contributed by atoms with van der Waals surface area (Å²) in [6.07, 6.45) is 0.0147. The molecule has 1 unspecified atom stereocenters. The zero-order chi connectivity index (χ0) is 19.6. The van der Waals surface area contributed by atoms with Crippen LogP contribution in [0.1, 0.15) is 30.9 Å². The van der Waals surface area contributed by atoms with E-state index < -0.39 is 11.7 Å². The predicted molar refractivity (Wildman–Crippen MR) is 99.7 cm³/mol. The summed E-state index contributed by atoms with van der Waals surface area (Å²) in [5.74, 6) is 0.867. The summed E-state index contributed by atoms with van der Waals surface area (Å²) in [4.78, 5) is 25.7. The number of nitrogens with zero attached hydrogens (tertiary/aromatic N) is 2. The number of hydrogen-bond donors (Lipinski definition) is 0. The van der Waals surface area contributed by atoms with Crippen LogP contribution in [0.15, 0.2) is 44.1 Å². The molecule has 142 valence electrons. The van der Waals surface area contributed by atoms with Crippen molar-refractivity contribution in [1.82, 2.24) is 10.1 Å². The number of hydrogen-bond acceptors (Lipinski definition) is 6. The van der Waals surface area contributed by atoms with E-state index in [4.69, 9.17) is 13.7 Å². The molecule has 0 N–H and O–H groups in total. The van der Waals surface area contributed by atoms with E-state index in [9.17, 15) is 9.59 Å².